The van der Waals surface area contributed by atoms with Gasteiger partial charge in [-0.15, -0.1) is 0 Å². The molecule has 0 fully saturated rings. The molecule has 13 heavy (non-hydrogen) atoms. The summed E-state index contributed by atoms with van der Waals surface area (Å²) in [6.07, 6.45) is 2.78. The van der Waals surface area contributed by atoms with Gasteiger partial charge in [0.15, 0.2) is 0 Å². The molecule has 3 heteroatoms. The molecule has 1 aromatic heterocycles. The van der Waals surface area contributed by atoms with E-state index >= 15 is 0 Å². The van der Waals surface area contributed by atoms with Crippen molar-refractivity contribution >= 4 is 5.82 Å². The summed E-state index contributed by atoms with van der Waals surface area (Å²) < 4.78 is 5.46. The minimum absolute atomic E-state index is 0.760. The van der Waals surface area contributed by atoms with Crippen LogP contribution < -0.4 is 10.1 Å². The van der Waals surface area contributed by atoms with Crippen molar-refractivity contribution in [3.05, 3.63) is 18.3 Å². The summed E-state index contributed by atoms with van der Waals surface area (Å²) in [5.74, 6) is 1.75. The van der Waals surface area contributed by atoms with Gasteiger partial charge in [-0.1, -0.05) is 6.92 Å². The van der Waals surface area contributed by atoms with Crippen LogP contribution in [0.4, 0.5) is 5.82 Å². The van der Waals surface area contributed by atoms with Crippen molar-refractivity contribution < 1.29 is 4.74 Å². The zero-order valence-electron chi connectivity index (χ0n) is 8.21. The summed E-state index contributed by atoms with van der Waals surface area (Å²) in [6, 6.07) is 3.79. The van der Waals surface area contributed by atoms with E-state index in [0.29, 0.717) is 0 Å². The fraction of sp³-hybridized carbons (Fsp3) is 0.500. The number of anilines is 1. The zero-order chi connectivity index (χ0) is 9.52. The minimum atomic E-state index is 0.760. The maximum atomic E-state index is 5.46. The average molecular weight is 180 g/mol. The SMILES string of the molecule is CCCOc1ccnc(NCC)c1. The monoisotopic (exact) mass is 180 g/mol. The maximum absolute atomic E-state index is 5.46. The lowest BCUT2D eigenvalue weighted by molar-refractivity contribution is 0.317. The van der Waals surface area contributed by atoms with E-state index in [0.717, 1.165) is 31.1 Å². The Morgan fingerprint density at radius 2 is 2.31 bits per heavy atom. The van der Waals surface area contributed by atoms with Gasteiger partial charge in [0, 0.05) is 18.8 Å². The van der Waals surface area contributed by atoms with Crippen molar-refractivity contribution in [3.63, 3.8) is 0 Å². The van der Waals surface area contributed by atoms with Crippen LogP contribution >= 0.6 is 0 Å². The molecule has 0 bridgehead atoms. The first-order valence-electron chi connectivity index (χ1n) is 4.69. The summed E-state index contributed by atoms with van der Waals surface area (Å²) in [6.45, 7) is 5.77. The molecule has 0 saturated heterocycles. The van der Waals surface area contributed by atoms with E-state index < -0.39 is 0 Å². The van der Waals surface area contributed by atoms with Crippen molar-refractivity contribution in [2.45, 2.75) is 20.3 Å². The molecule has 3 nitrogen and oxygen atoms in total. The predicted octanol–water partition coefficient (Wildman–Crippen LogP) is 2.30. The van der Waals surface area contributed by atoms with Gasteiger partial charge in [-0.25, -0.2) is 4.98 Å². The number of pyridine rings is 1. The zero-order valence-corrected chi connectivity index (χ0v) is 8.21. The number of hydrogen-bond acceptors (Lipinski definition) is 3. The summed E-state index contributed by atoms with van der Waals surface area (Å²) in [5.41, 5.74) is 0. The van der Waals surface area contributed by atoms with Gasteiger partial charge < -0.3 is 10.1 Å². The molecule has 0 radical (unpaired) electrons. The van der Waals surface area contributed by atoms with Crippen molar-refractivity contribution in [1.29, 1.82) is 0 Å². The summed E-state index contributed by atoms with van der Waals surface area (Å²) in [5, 5.41) is 3.13. The van der Waals surface area contributed by atoms with Gasteiger partial charge in [-0.2, -0.15) is 0 Å². The average Bonchev–Trinajstić information content (AvgIpc) is 2.16. The Hall–Kier alpha value is -1.25. The van der Waals surface area contributed by atoms with Crippen LogP contribution in [0.3, 0.4) is 0 Å². The third kappa shape index (κ3) is 3.32. The lowest BCUT2D eigenvalue weighted by atomic mass is 10.4. The van der Waals surface area contributed by atoms with Gasteiger partial charge in [-0.05, 0) is 19.4 Å². The van der Waals surface area contributed by atoms with Gasteiger partial charge in [0.1, 0.15) is 11.6 Å². The van der Waals surface area contributed by atoms with Crippen LogP contribution in [0.2, 0.25) is 0 Å². The highest BCUT2D eigenvalue weighted by atomic mass is 16.5. The Bertz CT molecular complexity index is 250. The molecule has 0 amide bonds. The Morgan fingerprint density at radius 3 is 3.00 bits per heavy atom. The Morgan fingerprint density at radius 1 is 1.46 bits per heavy atom. The van der Waals surface area contributed by atoms with E-state index in [4.69, 9.17) is 4.74 Å². The summed E-state index contributed by atoms with van der Waals surface area (Å²) in [4.78, 5) is 4.15. The van der Waals surface area contributed by atoms with Gasteiger partial charge >= 0.3 is 0 Å². The van der Waals surface area contributed by atoms with Crippen molar-refractivity contribution in [1.82, 2.24) is 4.98 Å². The fourth-order valence-corrected chi connectivity index (χ4v) is 0.999. The van der Waals surface area contributed by atoms with Crippen LogP contribution in [0.5, 0.6) is 5.75 Å². The second-order valence-corrected chi connectivity index (χ2v) is 2.76. The smallest absolute Gasteiger partial charge is 0.129 e. The maximum Gasteiger partial charge on any atom is 0.129 e. The number of ether oxygens (including phenoxy) is 1. The Kier molecular flexibility index (Phi) is 4.09. The van der Waals surface area contributed by atoms with Crippen LogP contribution in [-0.2, 0) is 0 Å². The van der Waals surface area contributed by atoms with Gasteiger partial charge in [0.2, 0.25) is 0 Å². The number of rotatable bonds is 5. The molecular formula is C10H16N2O. The van der Waals surface area contributed by atoms with Crippen molar-refractivity contribution in [3.8, 4) is 5.75 Å². The molecule has 0 aliphatic heterocycles. The van der Waals surface area contributed by atoms with Crippen LogP contribution in [0, 0.1) is 0 Å². The molecule has 0 unspecified atom stereocenters. The van der Waals surface area contributed by atoms with Crippen molar-refractivity contribution in [2.24, 2.45) is 0 Å². The topological polar surface area (TPSA) is 34.1 Å². The van der Waals surface area contributed by atoms with E-state index in [-0.39, 0.29) is 0 Å². The first-order valence-corrected chi connectivity index (χ1v) is 4.69. The van der Waals surface area contributed by atoms with Crippen LogP contribution in [0.25, 0.3) is 0 Å². The number of hydrogen-bond donors (Lipinski definition) is 1. The molecule has 1 heterocycles. The highest BCUT2D eigenvalue weighted by Crippen LogP contribution is 2.14. The van der Waals surface area contributed by atoms with Crippen molar-refractivity contribution in [2.75, 3.05) is 18.5 Å². The highest BCUT2D eigenvalue weighted by Gasteiger charge is 1.95. The van der Waals surface area contributed by atoms with Gasteiger partial charge in [0.05, 0.1) is 6.61 Å². The first kappa shape index (κ1) is 9.84. The Labute approximate surface area is 79.1 Å². The van der Waals surface area contributed by atoms with E-state index in [2.05, 4.69) is 17.2 Å². The van der Waals surface area contributed by atoms with Crippen LogP contribution in [-0.4, -0.2) is 18.1 Å². The Balaban J connectivity index is 2.56. The molecule has 0 aromatic carbocycles. The number of aromatic nitrogens is 1. The van der Waals surface area contributed by atoms with E-state index in [9.17, 15) is 0 Å². The molecule has 1 aromatic rings. The fourth-order valence-electron chi connectivity index (χ4n) is 0.999. The first-order chi connectivity index (χ1) is 6.36. The highest BCUT2D eigenvalue weighted by molar-refractivity contribution is 5.40. The summed E-state index contributed by atoms with van der Waals surface area (Å²) in [7, 11) is 0. The standard InChI is InChI=1S/C10H16N2O/c1-3-7-13-9-5-6-12-10(8-9)11-4-2/h5-6,8H,3-4,7H2,1-2H3,(H,11,12). The normalized spacial score (nSPS) is 9.69. The molecule has 1 N–H and O–H groups in total. The molecule has 1 rings (SSSR count). The second-order valence-electron chi connectivity index (χ2n) is 2.76. The molecule has 72 valence electrons. The lowest BCUT2D eigenvalue weighted by Crippen LogP contribution is -2.00. The quantitative estimate of drug-likeness (QED) is 0.755. The van der Waals surface area contributed by atoms with Gasteiger partial charge in [0.25, 0.3) is 0 Å². The van der Waals surface area contributed by atoms with Crippen LogP contribution in [0.1, 0.15) is 20.3 Å². The largest absolute Gasteiger partial charge is 0.493 e. The van der Waals surface area contributed by atoms with Gasteiger partial charge in [-0.3, -0.25) is 0 Å². The molecular weight excluding hydrogens is 164 g/mol. The van der Waals surface area contributed by atoms with E-state index in [1.165, 1.54) is 0 Å². The molecule has 0 aliphatic carbocycles. The van der Waals surface area contributed by atoms with E-state index in [1.807, 2.05) is 19.1 Å². The van der Waals surface area contributed by atoms with E-state index in [1.54, 1.807) is 6.20 Å². The molecule has 0 atom stereocenters. The predicted molar refractivity (Wildman–Crippen MR) is 54.2 cm³/mol. The molecule has 0 aliphatic rings. The minimum Gasteiger partial charge on any atom is -0.493 e. The lowest BCUT2D eigenvalue weighted by Gasteiger charge is -2.06. The number of nitrogens with one attached hydrogen (secondary N) is 1. The molecule has 0 spiro atoms. The third-order valence-electron chi connectivity index (χ3n) is 1.56. The second kappa shape index (κ2) is 5.41. The molecule has 0 saturated carbocycles. The summed E-state index contributed by atoms with van der Waals surface area (Å²) >= 11 is 0. The third-order valence-corrected chi connectivity index (χ3v) is 1.56. The number of nitrogens with zero attached hydrogens (tertiary/aromatic N) is 1. The van der Waals surface area contributed by atoms with Crippen LogP contribution in [0.15, 0.2) is 18.3 Å².